The van der Waals surface area contributed by atoms with E-state index in [1.807, 2.05) is 0 Å². The number of rotatable bonds is 0. The van der Waals surface area contributed by atoms with Crippen LogP contribution in [0.3, 0.4) is 0 Å². The van der Waals surface area contributed by atoms with E-state index >= 15 is 0 Å². The summed E-state index contributed by atoms with van der Waals surface area (Å²) in [6, 6.07) is 0. The summed E-state index contributed by atoms with van der Waals surface area (Å²) in [6.07, 6.45) is 11.6. The molecule has 0 bridgehead atoms. The lowest BCUT2D eigenvalue weighted by molar-refractivity contribution is -0.118. The maximum absolute atomic E-state index is 11.4. The lowest BCUT2D eigenvalue weighted by atomic mass is 9.83. The summed E-state index contributed by atoms with van der Waals surface area (Å²) in [5.41, 5.74) is 0. The Morgan fingerprint density at radius 3 is 2.67 bits per heavy atom. The van der Waals surface area contributed by atoms with Gasteiger partial charge in [0.15, 0.2) is 5.78 Å². The van der Waals surface area contributed by atoms with E-state index in [1.165, 1.54) is 32.1 Å². The van der Waals surface area contributed by atoms with Crippen LogP contribution in [0.25, 0.3) is 0 Å². The number of allylic oxidation sites excluding steroid dienone is 2. The molecule has 1 saturated carbocycles. The number of hydrogen-bond acceptors (Lipinski definition) is 1. The fraction of sp³-hybridized carbons (Fsp3) is 0.727. The smallest absolute Gasteiger partial charge is 0.159 e. The first kappa shape index (κ1) is 8.03. The minimum absolute atomic E-state index is 0.366. The van der Waals surface area contributed by atoms with Crippen LogP contribution in [0.1, 0.15) is 38.5 Å². The van der Waals surface area contributed by atoms with Gasteiger partial charge < -0.3 is 0 Å². The van der Waals surface area contributed by atoms with Gasteiger partial charge in [-0.25, -0.2) is 0 Å². The Morgan fingerprint density at radius 1 is 1.08 bits per heavy atom. The average molecular weight is 164 g/mol. The summed E-state index contributed by atoms with van der Waals surface area (Å²) in [7, 11) is 0. The summed E-state index contributed by atoms with van der Waals surface area (Å²) in [5, 5.41) is 0. The summed E-state index contributed by atoms with van der Waals surface area (Å²) in [5.74, 6) is 1.35. The minimum Gasteiger partial charge on any atom is -0.295 e. The van der Waals surface area contributed by atoms with Crippen LogP contribution < -0.4 is 0 Å². The highest BCUT2D eigenvalue weighted by atomic mass is 16.1. The van der Waals surface area contributed by atoms with E-state index in [-0.39, 0.29) is 0 Å². The first-order valence-corrected chi connectivity index (χ1v) is 5.10. The molecule has 66 valence electrons. The van der Waals surface area contributed by atoms with Gasteiger partial charge in [0, 0.05) is 5.92 Å². The van der Waals surface area contributed by atoms with Crippen molar-refractivity contribution in [2.24, 2.45) is 11.8 Å². The third kappa shape index (κ3) is 1.45. The maximum atomic E-state index is 11.4. The van der Waals surface area contributed by atoms with Gasteiger partial charge in [0.25, 0.3) is 0 Å². The molecule has 0 aromatic rings. The molecule has 0 heterocycles. The number of fused-ring (bicyclic) bond motifs is 1. The topological polar surface area (TPSA) is 17.1 Å². The highest BCUT2D eigenvalue weighted by molar-refractivity contribution is 5.94. The lowest BCUT2D eigenvalue weighted by Crippen LogP contribution is -2.17. The molecule has 12 heavy (non-hydrogen) atoms. The Bertz CT molecular complexity index is 205. The van der Waals surface area contributed by atoms with E-state index in [0.717, 1.165) is 6.42 Å². The molecule has 0 aromatic heterocycles. The van der Waals surface area contributed by atoms with Crippen LogP contribution in [0.5, 0.6) is 0 Å². The fourth-order valence-electron chi connectivity index (χ4n) is 2.44. The van der Waals surface area contributed by atoms with Crippen molar-refractivity contribution in [3.05, 3.63) is 12.2 Å². The Hall–Kier alpha value is -0.590. The Labute approximate surface area is 73.8 Å². The molecule has 0 aromatic carbocycles. The largest absolute Gasteiger partial charge is 0.295 e. The second-order valence-electron chi connectivity index (χ2n) is 4.02. The molecule has 1 heteroatoms. The molecular weight excluding hydrogens is 148 g/mol. The summed E-state index contributed by atoms with van der Waals surface area (Å²) < 4.78 is 0. The van der Waals surface area contributed by atoms with E-state index in [9.17, 15) is 4.79 Å². The quantitative estimate of drug-likeness (QED) is 0.538. The second-order valence-corrected chi connectivity index (χ2v) is 4.02. The SMILES string of the molecule is O=C1C=C[C@@H]2CCCCCC[C@@H]12. The second kappa shape index (κ2) is 3.42. The zero-order valence-electron chi connectivity index (χ0n) is 7.46. The van der Waals surface area contributed by atoms with E-state index in [0.29, 0.717) is 17.6 Å². The molecule has 0 unspecified atom stereocenters. The van der Waals surface area contributed by atoms with Crippen LogP contribution in [0.2, 0.25) is 0 Å². The van der Waals surface area contributed by atoms with Gasteiger partial charge >= 0.3 is 0 Å². The highest BCUT2D eigenvalue weighted by Crippen LogP contribution is 2.33. The van der Waals surface area contributed by atoms with Gasteiger partial charge in [-0.1, -0.05) is 31.8 Å². The summed E-state index contributed by atoms with van der Waals surface area (Å²) in [6.45, 7) is 0. The molecule has 0 N–H and O–H groups in total. The van der Waals surface area contributed by atoms with Crippen molar-refractivity contribution in [3.8, 4) is 0 Å². The number of ketones is 1. The molecule has 1 nitrogen and oxygen atoms in total. The third-order valence-electron chi connectivity index (χ3n) is 3.19. The van der Waals surface area contributed by atoms with Crippen molar-refractivity contribution in [1.82, 2.24) is 0 Å². The van der Waals surface area contributed by atoms with E-state index < -0.39 is 0 Å². The molecule has 2 rings (SSSR count). The van der Waals surface area contributed by atoms with E-state index in [2.05, 4.69) is 6.08 Å². The van der Waals surface area contributed by atoms with Crippen LogP contribution >= 0.6 is 0 Å². The van der Waals surface area contributed by atoms with E-state index in [1.54, 1.807) is 6.08 Å². The standard InChI is InChI=1S/C11H16O/c12-11-8-7-9-5-3-1-2-4-6-10(9)11/h7-10H,1-6H2/t9-,10+/m0/s1. The molecule has 2 aliphatic rings. The maximum Gasteiger partial charge on any atom is 0.159 e. The van der Waals surface area contributed by atoms with Crippen molar-refractivity contribution in [2.75, 3.05) is 0 Å². The summed E-state index contributed by atoms with van der Waals surface area (Å²) >= 11 is 0. The van der Waals surface area contributed by atoms with Gasteiger partial charge in [0.2, 0.25) is 0 Å². The normalized spacial score (nSPS) is 35.8. The zero-order chi connectivity index (χ0) is 8.39. The van der Waals surface area contributed by atoms with Gasteiger partial charge in [0.1, 0.15) is 0 Å². The van der Waals surface area contributed by atoms with Crippen LogP contribution in [0, 0.1) is 11.8 Å². The number of hydrogen-bond donors (Lipinski definition) is 0. The van der Waals surface area contributed by atoms with Gasteiger partial charge in [-0.15, -0.1) is 0 Å². The number of carbonyl (C=O) groups is 1. The molecule has 0 aliphatic heterocycles. The number of carbonyl (C=O) groups excluding carboxylic acids is 1. The molecule has 0 saturated heterocycles. The van der Waals surface area contributed by atoms with Crippen molar-refractivity contribution in [3.63, 3.8) is 0 Å². The van der Waals surface area contributed by atoms with Crippen LogP contribution in [-0.4, -0.2) is 5.78 Å². The predicted octanol–water partition coefficient (Wildman–Crippen LogP) is 2.71. The van der Waals surface area contributed by atoms with Gasteiger partial charge in [0.05, 0.1) is 0 Å². The minimum atomic E-state index is 0.366. The average Bonchev–Trinajstić information content (AvgIpc) is 2.31. The van der Waals surface area contributed by atoms with Gasteiger partial charge in [-0.2, -0.15) is 0 Å². The molecular formula is C11H16O. The zero-order valence-corrected chi connectivity index (χ0v) is 7.46. The van der Waals surface area contributed by atoms with Crippen LogP contribution in [0.4, 0.5) is 0 Å². The fourth-order valence-corrected chi connectivity index (χ4v) is 2.44. The molecule has 2 atom stereocenters. The Morgan fingerprint density at radius 2 is 1.83 bits per heavy atom. The Balaban J connectivity index is 2.03. The van der Waals surface area contributed by atoms with Crippen LogP contribution in [0.15, 0.2) is 12.2 Å². The monoisotopic (exact) mass is 164 g/mol. The van der Waals surface area contributed by atoms with E-state index in [4.69, 9.17) is 0 Å². The highest BCUT2D eigenvalue weighted by Gasteiger charge is 2.29. The van der Waals surface area contributed by atoms with Gasteiger partial charge in [-0.05, 0) is 24.8 Å². The first-order chi connectivity index (χ1) is 5.88. The third-order valence-corrected chi connectivity index (χ3v) is 3.19. The molecule has 0 radical (unpaired) electrons. The Kier molecular flexibility index (Phi) is 2.29. The predicted molar refractivity (Wildman–Crippen MR) is 48.8 cm³/mol. The molecule has 1 fully saturated rings. The molecule has 0 spiro atoms. The molecule has 0 amide bonds. The van der Waals surface area contributed by atoms with Crippen molar-refractivity contribution in [1.29, 1.82) is 0 Å². The van der Waals surface area contributed by atoms with Crippen molar-refractivity contribution in [2.45, 2.75) is 38.5 Å². The van der Waals surface area contributed by atoms with Gasteiger partial charge in [-0.3, -0.25) is 4.79 Å². The lowest BCUT2D eigenvalue weighted by Gasteiger charge is -2.20. The van der Waals surface area contributed by atoms with Crippen LogP contribution in [-0.2, 0) is 4.79 Å². The summed E-state index contributed by atoms with van der Waals surface area (Å²) in [4.78, 5) is 11.4. The first-order valence-electron chi connectivity index (χ1n) is 5.10. The van der Waals surface area contributed by atoms with Crippen molar-refractivity contribution >= 4 is 5.78 Å². The molecule has 2 aliphatic carbocycles. The van der Waals surface area contributed by atoms with Crippen molar-refractivity contribution < 1.29 is 4.79 Å².